The summed E-state index contributed by atoms with van der Waals surface area (Å²) in [6, 6.07) is 8.65. The molecule has 0 fully saturated rings. The largest absolute Gasteiger partial charge is 0.494 e. The van der Waals surface area contributed by atoms with Gasteiger partial charge in [0.1, 0.15) is 5.75 Å². The lowest BCUT2D eigenvalue weighted by Gasteiger charge is -2.12. The molecule has 18 heavy (non-hydrogen) atoms. The third-order valence-electron chi connectivity index (χ3n) is 2.81. The summed E-state index contributed by atoms with van der Waals surface area (Å²) in [5.41, 5.74) is 1.15. The Balaban J connectivity index is 2.24. The minimum atomic E-state index is 0.568. The molecule has 0 heterocycles. The van der Waals surface area contributed by atoms with Gasteiger partial charge in [0.25, 0.3) is 0 Å². The third kappa shape index (κ3) is 6.03. The lowest BCUT2D eigenvalue weighted by atomic mass is 10.2. The van der Waals surface area contributed by atoms with Gasteiger partial charge in [-0.05, 0) is 44.0 Å². The predicted molar refractivity (Wildman–Crippen MR) is 75.0 cm³/mol. The molecule has 0 radical (unpaired) electrons. The lowest BCUT2D eigenvalue weighted by molar-refractivity contribution is 0.184. The SMILES string of the molecule is CCNC(C)CCCOc1cccc(COC)c1. The van der Waals surface area contributed by atoms with Crippen molar-refractivity contribution in [2.24, 2.45) is 0 Å². The van der Waals surface area contributed by atoms with Crippen LogP contribution in [0.2, 0.25) is 0 Å². The van der Waals surface area contributed by atoms with Gasteiger partial charge in [0.15, 0.2) is 0 Å². The lowest BCUT2D eigenvalue weighted by Crippen LogP contribution is -2.25. The van der Waals surface area contributed by atoms with Crippen LogP contribution in [-0.4, -0.2) is 26.3 Å². The van der Waals surface area contributed by atoms with Gasteiger partial charge in [-0.1, -0.05) is 19.1 Å². The summed E-state index contributed by atoms with van der Waals surface area (Å²) in [7, 11) is 1.70. The van der Waals surface area contributed by atoms with Crippen LogP contribution in [0.5, 0.6) is 5.75 Å². The highest BCUT2D eigenvalue weighted by molar-refractivity contribution is 5.28. The molecule has 0 spiro atoms. The maximum absolute atomic E-state index is 5.74. The van der Waals surface area contributed by atoms with E-state index < -0.39 is 0 Å². The highest BCUT2D eigenvalue weighted by Gasteiger charge is 2.00. The van der Waals surface area contributed by atoms with Gasteiger partial charge in [-0.2, -0.15) is 0 Å². The number of hydrogen-bond acceptors (Lipinski definition) is 3. The standard InChI is InChI=1S/C15H25NO2/c1-4-16-13(2)7-6-10-18-15-9-5-8-14(11-15)12-17-3/h5,8-9,11,13,16H,4,6-7,10,12H2,1-3H3. The molecule has 0 saturated heterocycles. The van der Waals surface area contributed by atoms with Gasteiger partial charge < -0.3 is 14.8 Å². The summed E-state index contributed by atoms with van der Waals surface area (Å²) in [6.45, 7) is 6.78. The zero-order chi connectivity index (χ0) is 13.2. The Morgan fingerprint density at radius 2 is 2.17 bits per heavy atom. The molecule has 0 aliphatic rings. The van der Waals surface area contributed by atoms with E-state index in [1.807, 2.05) is 24.3 Å². The highest BCUT2D eigenvalue weighted by atomic mass is 16.5. The fourth-order valence-corrected chi connectivity index (χ4v) is 1.92. The maximum atomic E-state index is 5.74. The van der Waals surface area contributed by atoms with E-state index in [1.54, 1.807) is 7.11 Å². The van der Waals surface area contributed by atoms with Crippen molar-refractivity contribution in [3.8, 4) is 5.75 Å². The van der Waals surface area contributed by atoms with Crippen LogP contribution in [0.15, 0.2) is 24.3 Å². The van der Waals surface area contributed by atoms with E-state index in [-0.39, 0.29) is 0 Å². The summed E-state index contributed by atoms with van der Waals surface area (Å²) in [5.74, 6) is 0.931. The quantitative estimate of drug-likeness (QED) is 0.684. The van der Waals surface area contributed by atoms with Gasteiger partial charge in [0, 0.05) is 13.2 Å². The second-order valence-corrected chi connectivity index (χ2v) is 4.53. The molecule has 1 N–H and O–H groups in total. The smallest absolute Gasteiger partial charge is 0.119 e. The summed E-state index contributed by atoms with van der Waals surface area (Å²) in [4.78, 5) is 0. The summed E-state index contributed by atoms with van der Waals surface area (Å²) in [6.07, 6.45) is 2.22. The first-order chi connectivity index (χ1) is 8.76. The second-order valence-electron chi connectivity index (χ2n) is 4.53. The molecule has 102 valence electrons. The Hall–Kier alpha value is -1.06. The van der Waals surface area contributed by atoms with Crippen LogP contribution in [0, 0.1) is 0 Å². The van der Waals surface area contributed by atoms with E-state index in [9.17, 15) is 0 Å². The van der Waals surface area contributed by atoms with Crippen molar-refractivity contribution in [2.45, 2.75) is 39.3 Å². The molecule has 3 heteroatoms. The molecule has 1 unspecified atom stereocenters. The van der Waals surface area contributed by atoms with E-state index in [0.29, 0.717) is 12.6 Å². The van der Waals surface area contributed by atoms with Gasteiger partial charge >= 0.3 is 0 Å². The fourth-order valence-electron chi connectivity index (χ4n) is 1.92. The van der Waals surface area contributed by atoms with Crippen LogP contribution in [0.4, 0.5) is 0 Å². The van der Waals surface area contributed by atoms with Gasteiger partial charge in [-0.15, -0.1) is 0 Å². The summed E-state index contributed by atoms with van der Waals surface area (Å²) >= 11 is 0. The minimum absolute atomic E-state index is 0.568. The molecular weight excluding hydrogens is 226 g/mol. The summed E-state index contributed by atoms with van der Waals surface area (Å²) in [5, 5.41) is 3.40. The van der Waals surface area contributed by atoms with Crippen molar-refractivity contribution in [3.05, 3.63) is 29.8 Å². The van der Waals surface area contributed by atoms with Crippen LogP contribution in [0.3, 0.4) is 0 Å². The van der Waals surface area contributed by atoms with Crippen molar-refractivity contribution in [1.82, 2.24) is 5.32 Å². The van der Waals surface area contributed by atoms with Crippen molar-refractivity contribution >= 4 is 0 Å². The highest BCUT2D eigenvalue weighted by Crippen LogP contribution is 2.14. The minimum Gasteiger partial charge on any atom is -0.494 e. The molecule has 1 atom stereocenters. The van der Waals surface area contributed by atoms with Crippen LogP contribution in [0.25, 0.3) is 0 Å². The number of nitrogens with one attached hydrogen (secondary N) is 1. The maximum Gasteiger partial charge on any atom is 0.119 e. The van der Waals surface area contributed by atoms with E-state index in [0.717, 1.165) is 37.3 Å². The normalized spacial score (nSPS) is 12.4. The van der Waals surface area contributed by atoms with Crippen LogP contribution < -0.4 is 10.1 Å². The number of hydrogen-bond donors (Lipinski definition) is 1. The van der Waals surface area contributed by atoms with Gasteiger partial charge in [0.05, 0.1) is 13.2 Å². The third-order valence-corrected chi connectivity index (χ3v) is 2.81. The van der Waals surface area contributed by atoms with Crippen molar-refractivity contribution in [2.75, 3.05) is 20.3 Å². The molecule has 1 aromatic carbocycles. The fraction of sp³-hybridized carbons (Fsp3) is 0.600. The van der Waals surface area contributed by atoms with E-state index in [1.165, 1.54) is 0 Å². The van der Waals surface area contributed by atoms with E-state index in [4.69, 9.17) is 9.47 Å². The molecule has 1 rings (SSSR count). The zero-order valence-electron chi connectivity index (χ0n) is 11.7. The topological polar surface area (TPSA) is 30.5 Å². The van der Waals surface area contributed by atoms with Crippen LogP contribution >= 0.6 is 0 Å². The molecule has 0 aliphatic heterocycles. The first-order valence-corrected chi connectivity index (χ1v) is 6.70. The van der Waals surface area contributed by atoms with Gasteiger partial charge in [-0.3, -0.25) is 0 Å². The van der Waals surface area contributed by atoms with Crippen LogP contribution in [0.1, 0.15) is 32.3 Å². The number of methoxy groups -OCH3 is 1. The molecule has 0 aromatic heterocycles. The Morgan fingerprint density at radius 1 is 1.33 bits per heavy atom. The molecule has 0 saturated carbocycles. The number of ether oxygens (including phenoxy) is 2. The molecule has 0 bridgehead atoms. The molecule has 3 nitrogen and oxygen atoms in total. The predicted octanol–water partition coefficient (Wildman–Crippen LogP) is 2.99. The molecule has 1 aromatic rings. The first-order valence-electron chi connectivity index (χ1n) is 6.70. The van der Waals surface area contributed by atoms with E-state index >= 15 is 0 Å². The molecule has 0 aliphatic carbocycles. The number of benzene rings is 1. The zero-order valence-corrected chi connectivity index (χ0v) is 11.7. The average Bonchev–Trinajstić information content (AvgIpc) is 2.36. The Morgan fingerprint density at radius 3 is 2.89 bits per heavy atom. The van der Waals surface area contributed by atoms with E-state index in [2.05, 4.69) is 19.2 Å². The van der Waals surface area contributed by atoms with Crippen molar-refractivity contribution in [1.29, 1.82) is 0 Å². The average molecular weight is 251 g/mol. The van der Waals surface area contributed by atoms with Gasteiger partial charge in [-0.25, -0.2) is 0 Å². The van der Waals surface area contributed by atoms with Crippen LogP contribution in [-0.2, 0) is 11.3 Å². The molecular formula is C15H25NO2. The Labute approximate surface area is 110 Å². The van der Waals surface area contributed by atoms with Crippen molar-refractivity contribution < 1.29 is 9.47 Å². The molecule has 0 amide bonds. The first kappa shape index (κ1) is 15.0. The van der Waals surface area contributed by atoms with Crippen molar-refractivity contribution in [3.63, 3.8) is 0 Å². The Kier molecular flexibility index (Phi) is 7.46. The number of rotatable bonds is 9. The Bertz CT molecular complexity index is 328. The summed E-state index contributed by atoms with van der Waals surface area (Å²) < 4.78 is 10.8. The van der Waals surface area contributed by atoms with Gasteiger partial charge in [0.2, 0.25) is 0 Å². The monoisotopic (exact) mass is 251 g/mol. The second kappa shape index (κ2) is 8.95.